The highest BCUT2D eigenvalue weighted by molar-refractivity contribution is 8.19. The number of likely N-dealkylation sites (N-methyl/N-ethyl adjacent to an activating group) is 1. The number of hydrogen-bond donors (Lipinski definition) is 0. The van der Waals surface area contributed by atoms with Crippen molar-refractivity contribution in [1.82, 2.24) is 9.88 Å². The van der Waals surface area contributed by atoms with E-state index in [4.69, 9.17) is 9.73 Å². The second-order valence-corrected chi connectivity index (χ2v) is 8.88. The Kier molecular flexibility index (Phi) is 4.67. The van der Waals surface area contributed by atoms with Gasteiger partial charge in [-0.15, -0.1) is 0 Å². The number of hydrogen-bond acceptors (Lipinski definition) is 7. The van der Waals surface area contributed by atoms with Crippen LogP contribution in [0.5, 0.6) is 5.75 Å². The minimum atomic E-state index is -0.0460. The van der Waals surface area contributed by atoms with Crippen molar-refractivity contribution in [3.8, 4) is 5.75 Å². The first-order chi connectivity index (χ1) is 14.5. The number of ether oxygens (including phenoxy) is 1. The number of amides is 1. The van der Waals surface area contributed by atoms with Gasteiger partial charge in [-0.25, -0.2) is 4.99 Å². The summed E-state index contributed by atoms with van der Waals surface area (Å²) in [5.41, 5.74) is 2.75. The van der Waals surface area contributed by atoms with Crippen LogP contribution >= 0.6 is 23.5 Å². The number of amidine groups is 1. The zero-order chi connectivity index (χ0) is 20.8. The molecule has 30 heavy (non-hydrogen) atoms. The van der Waals surface area contributed by atoms with Gasteiger partial charge in [0.1, 0.15) is 10.7 Å². The molecule has 2 aromatic carbocycles. The van der Waals surface area contributed by atoms with E-state index in [1.165, 1.54) is 11.8 Å². The van der Waals surface area contributed by atoms with Crippen LogP contribution in [0.15, 0.2) is 74.5 Å². The van der Waals surface area contributed by atoms with Crippen LogP contribution in [0.25, 0.3) is 10.9 Å². The number of carbonyl (C=O) groups is 1. The predicted molar refractivity (Wildman–Crippen MR) is 123 cm³/mol. The van der Waals surface area contributed by atoms with Gasteiger partial charge in [-0.05, 0) is 48.2 Å². The fourth-order valence-corrected chi connectivity index (χ4v) is 5.68. The summed E-state index contributed by atoms with van der Waals surface area (Å²) in [6.07, 6.45) is 1.77. The van der Waals surface area contributed by atoms with Gasteiger partial charge < -0.3 is 9.64 Å². The monoisotopic (exact) mass is 434 g/mol. The Morgan fingerprint density at radius 2 is 1.90 bits per heavy atom. The van der Waals surface area contributed by atoms with E-state index in [-0.39, 0.29) is 5.91 Å². The topological polar surface area (TPSA) is 58.0 Å². The zero-order valence-corrected chi connectivity index (χ0v) is 18.3. The molecular weight excluding hydrogens is 416 g/mol. The Morgan fingerprint density at radius 1 is 1.03 bits per heavy atom. The maximum absolute atomic E-state index is 13.0. The lowest BCUT2D eigenvalue weighted by Gasteiger charge is -2.15. The number of anilines is 1. The maximum Gasteiger partial charge on any atom is 0.269 e. The van der Waals surface area contributed by atoms with Gasteiger partial charge in [-0.1, -0.05) is 17.8 Å². The minimum absolute atomic E-state index is 0.0460. The van der Waals surface area contributed by atoms with Crippen molar-refractivity contribution in [1.29, 1.82) is 0 Å². The molecule has 0 N–H and O–H groups in total. The van der Waals surface area contributed by atoms with Gasteiger partial charge in [0.25, 0.3) is 5.91 Å². The maximum atomic E-state index is 13.0. The summed E-state index contributed by atoms with van der Waals surface area (Å²) in [6.45, 7) is 0. The predicted octanol–water partition coefficient (Wildman–Crippen LogP) is 4.85. The molecule has 0 spiro atoms. The molecule has 1 amide bonds. The van der Waals surface area contributed by atoms with Gasteiger partial charge in [-0.2, -0.15) is 0 Å². The largest absolute Gasteiger partial charge is 0.497 e. The first kappa shape index (κ1) is 19.0. The van der Waals surface area contributed by atoms with Gasteiger partial charge in [-0.3, -0.25) is 14.7 Å². The standard InChI is InChI=1S/C22H18N4O2S2/c1-25-17-12-15(28-3)7-9-18(17)29-21(25)19-20(27)26(2)22(30-19)24-14-6-8-16-13(11-14)5-4-10-23-16/h4-12H,1-3H3. The second kappa shape index (κ2) is 7.37. The number of benzene rings is 2. The Bertz CT molecular complexity index is 1250. The normalized spacial score (nSPS) is 19.8. The van der Waals surface area contributed by atoms with Crippen molar-refractivity contribution >= 4 is 56.9 Å². The first-order valence-electron chi connectivity index (χ1n) is 9.28. The quantitative estimate of drug-likeness (QED) is 0.538. The molecule has 0 aliphatic carbocycles. The number of aliphatic imine (C=N–C) groups is 1. The van der Waals surface area contributed by atoms with Crippen LogP contribution in [0.4, 0.5) is 11.4 Å². The molecule has 6 nitrogen and oxygen atoms in total. The lowest BCUT2D eigenvalue weighted by molar-refractivity contribution is -0.121. The number of fused-ring (bicyclic) bond motifs is 2. The zero-order valence-electron chi connectivity index (χ0n) is 16.6. The van der Waals surface area contributed by atoms with Crippen LogP contribution in [-0.4, -0.2) is 42.2 Å². The lowest BCUT2D eigenvalue weighted by atomic mass is 10.2. The van der Waals surface area contributed by atoms with Crippen LogP contribution in [-0.2, 0) is 4.79 Å². The van der Waals surface area contributed by atoms with Crippen molar-refractivity contribution in [2.24, 2.45) is 4.99 Å². The number of carbonyl (C=O) groups excluding carboxylic acids is 1. The summed E-state index contributed by atoms with van der Waals surface area (Å²) in [4.78, 5) is 27.5. The molecular formula is C22H18N4O2S2. The molecule has 3 heterocycles. The highest BCUT2D eigenvalue weighted by Crippen LogP contribution is 2.50. The average molecular weight is 435 g/mol. The van der Waals surface area contributed by atoms with E-state index in [2.05, 4.69) is 4.98 Å². The fraction of sp³-hybridized carbons (Fsp3) is 0.136. The molecule has 1 fully saturated rings. The Labute approximate surface area is 182 Å². The van der Waals surface area contributed by atoms with Crippen molar-refractivity contribution in [3.05, 3.63) is 64.7 Å². The molecule has 150 valence electrons. The van der Waals surface area contributed by atoms with E-state index in [0.29, 0.717) is 10.1 Å². The van der Waals surface area contributed by atoms with Crippen molar-refractivity contribution in [2.75, 3.05) is 26.1 Å². The number of nitrogens with zero attached hydrogens (tertiary/aromatic N) is 4. The molecule has 3 aromatic rings. The van der Waals surface area contributed by atoms with Crippen LogP contribution in [0.2, 0.25) is 0 Å². The highest BCUT2D eigenvalue weighted by atomic mass is 32.2. The number of methoxy groups -OCH3 is 1. The third-order valence-corrected chi connectivity index (χ3v) is 7.51. The van der Waals surface area contributed by atoms with Crippen molar-refractivity contribution < 1.29 is 9.53 Å². The summed E-state index contributed by atoms with van der Waals surface area (Å²) in [5, 5.41) is 2.59. The van der Waals surface area contributed by atoms with E-state index in [1.807, 2.05) is 60.5 Å². The molecule has 8 heteroatoms. The van der Waals surface area contributed by atoms with Gasteiger partial charge >= 0.3 is 0 Å². The van der Waals surface area contributed by atoms with E-state index in [9.17, 15) is 4.79 Å². The third-order valence-electron chi connectivity index (χ3n) is 5.02. The average Bonchev–Trinajstić information content (AvgIpc) is 3.24. The molecule has 5 rings (SSSR count). The van der Waals surface area contributed by atoms with E-state index in [0.717, 1.165) is 38.0 Å². The molecule has 0 saturated carbocycles. The summed E-state index contributed by atoms with van der Waals surface area (Å²) in [5.74, 6) is 0.748. The first-order valence-corrected chi connectivity index (χ1v) is 10.9. The smallest absolute Gasteiger partial charge is 0.269 e. The molecule has 2 aliphatic rings. The molecule has 2 aliphatic heterocycles. The molecule has 1 aromatic heterocycles. The Morgan fingerprint density at radius 3 is 2.73 bits per heavy atom. The molecule has 0 unspecified atom stereocenters. The van der Waals surface area contributed by atoms with Crippen LogP contribution in [0, 0.1) is 0 Å². The Hall–Kier alpha value is -2.97. The summed E-state index contributed by atoms with van der Waals surface area (Å²) >= 11 is 3.00. The summed E-state index contributed by atoms with van der Waals surface area (Å²) in [7, 11) is 5.39. The SMILES string of the molecule is COc1ccc2c(c1)N(C)C(=C1SC(=Nc3ccc4ncccc4c3)N(C)C1=O)S2. The fourth-order valence-electron chi connectivity index (χ4n) is 3.37. The third kappa shape index (κ3) is 3.12. The summed E-state index contributed by atoms with van der Waals surface area (Å²) < 4.78 is 5.34. The second-order valence-electron chi connectivity index (χ2n) is 6.87. The van der Waals surface area contributed by atoms with Gasteiger partial charge in [0.2, 0.25) is 0 Å². The number of pyridine rings is 1. The van der Waals surface area contributed by atoms with Gasteiger partial charge in [0.05, 0.1) is 29.0 Å². The van der Waals surface area contributed by atoms with E-state index < -0.39 is 0 Å². The van der Waals surface area contributed by atoms with Crippen molar-refractivity contribution in [3.63, 3.8) is 0 Å². The van der Waals surface area contributed by atoms with Crippen LogP contribution < -0.4 is 9.64 Å². The van der Waals surface area contributed by atoms with Crippen LogP contribution in [0.3, 0.4) is 0 Å². The molecule has 0 atom stereocenters. The van der Waals surface area contributed by atoms with Gasteiger partial charge in [0, 0.05) is 36.6 Å². The summed E-state index contributed by atoms with van der Waals surface area (Å²) in [6, 6.07) is 15.7. The van der Waals surface area contributed by atoms with E-state index in [1.54, 1.807) is 37.0 Å². The molecule has 0 bridgehead atoms. The minimum Gasteiger partial charge on any atom is -0.497 e. The number of aromatic nitrogens is 1. The number of thioether (sulfide) groups is 2. The van der Waals surface area contributed by atoms with Crippen molar-refractivity contribution in [2.45, 2.75) is 4.90 Å². The Balaban J connectivity index is 1.50. The highest BCUT2D eigenvalue weighted by Gasteiger charge is 2.37. The van der Waals surface area contributed by atoms with Crippen LogP contribution in [0.1, 0.15) is 0 Å². The molecule has 1 saturated heterocycles. The van der Waals surface area contributed by atoms with Gasteiger partial charge in [0.15, 0.2) is 5.17 Å². The van der Waals surface area contributed by atoms with E-state index >= 15 is 0 Å². The number of rotatable bonds is 2. The lowest BCUT2D eigenvalue weighted by Crippen LogP contribution is -2.24. The molecule has 0 radical (unpaired) electrons.